The highest BCUT2D eigenvalue weighted by molar-refractivity contribution is 7.18. The van der Waals surface area contributed by atoms with Crippen molar-refractivity contribution in [2.45, 2.75) is 12.8 Å². The van der Waals surface area contributed by atoms with Crippen molar-refractivity contribution in [1.82, 2.24) is 15.0 Å². The normalized spacial score (nSPS) is 12.5. The average molecular weight is 270 g/mol. The maximum Gasteiger partial charge on any atom is 0.222 e. The van der Waals surface area contributed by atoms with Gasteiger partial charge in [0, 0.05) is 24.9 Å². The third-order valence-electron chi connectivity index (χ3n) is 2.86. The molecule has 0 bridgehead atoms. The molecular formula is C14H14N4S. The largest absolute Gasteiger partial charge is 0.354 e. The molecule has 2 heterocycles. The van der Waals surface area contributed by atoms with Gasteiger partial charge in [-0.1, -0.05) is 19.1 Å². The Kier molecular flexibility index (Phi) is 3.37. The van der Waals surface area contributed by atoms with Gasteiger partial charge in [0.1, 0.15) is 0 Å². The maximum absolute atomic E-state index is 4.66. The minimum atomic E-state index is 0.334. The van der Waals surface area contributed by atoms with E-state index in [1.165, 1.54) is 4.70 Å². The van der Waals surface area contributed by atoms with E-state index >= 15 is 0 Å². The lowest BCUT2D eigenvalue weighted by molar-refractivity contribution is 0.790. The van der Waals surface area contributed by atoms with Crippen LogP contribution in [0.4, 0.5) is 5.95 Å². The van der Waals surface area contributed by atoms with Crippen LogP contribution in [0.25, 0.3) is 10.2 Å². The summed E-state index contributed by atoms with van der Waals surface area (Å²) in [4.78, 5) is 13.0. The summed E-state index contributed by atoms with van der Waals surface area (Å²) in [6.07, 6.45) is 3.47. The van der Waals surface area contributed by atoms with Gasteiger partial charge in [0.25, 0.3) is 0 Å². The molecule has 0 saturated heterocycles. The predicted octanol–water partition coefficient (Wildman–Crippen LogP) is 3.30. The monoisotopic (exact) mass is 270 g/mol. The van der Waals surface area contributed by atoms with Gasteiger partial charge in [0.05, 0.1) is 15.2 Å². The maximum atomic E-state index is 4.66. The fourth-order valence-corrected chi connectivity index (χ4v) is 2.84. The highest BCUT2D eigenvalue weighted by Gasteiger charge is 2.11. The van der Waals surface area contributed by atoms with E-state index in [1.54, 1.807) is 23.7 Å². The Hall–Kier alpha value is -2.01. The lowest BCUT2D eigenvalue weighted by Gasteiger charge is -2.09. The molecule has 0 aliphatic carbocycles. The van der Waals surface area contributed by atoms with Crippen LogP contribution in [0.5, 0.6) is 0 Å². The first-order valence-electron chi connectivity index (χ1n) is 6.19. The Morgan fingerprint density at radius 3 is 2.74 bits per heavy atom. The molecule has 0 spiro atoms. The molecule has 5 heteroatoms. The molecule has 0 fully saturated rings. The Balaban J connectivity index is 1.71. The average Bonchev–Trinajstić information content (AvgIpc) is 2.90. The van der Waals surface area contributed by atoms with Crippen LogP contribution in [-0.2, 0) is 0 Å². The van der Waals surface area contributed by atoms with E-state index in [9.17, 15) is 0 Å². The Labute approximate surface area is 115 Å². The summed E-state index contributed by atoms with van der Waals surface area (Å²) in [6.45, 7) is 2.94. The van der Waals surface area contributed by atoms with Crippen molar-refractivity contribution in [3.05, 3.63) is 47.7 Å². The third kappa shape index (κ3) is 2.71. The molecular weight excluding hydrogens is 256 g/mol. The van der Waals surface area contributed by atoms with Crippen molar-refractivity contribution in [2.24, 2.45) is 0 Å². The van der Waals surface area contributed by atoms with Gasteiger partial charge in [-0.3, -0.25) is 0 Å². The molecule has 1 aromatic carbocycles. The molecule has 1 atom stereocenters. The van der Waals surface area contributed by atoms with Gasteiger partial charge in [-0.15, -0.1) is 11.3 Å². The summed E-state index contributed by atoms with van der Waals surface area (Å²) in [7, 11) is 0. The van der Waals surface area contributed by atoms with Crippen LogP contribution in [0.3, 0.4) is 0 Å². The van der Waals surface area contributed by atoms with E-state index in [4.69, 9.17) is 0 Å². The van der Waals surface area contributed by atoms with Crippen LogP contribution < -0.4 is 5.32 Å². The van der Waals surface area contributed by atoms with Crippen LogP contribution in [0.2, 0.25) is 0 Å². The summed E-state index contributed by atoms with van der Waals surface area (Å²) >= 11 is 1.75. The molecule has 0 amide bonds. The van der Waals surface area contributed by atoms with E-state index in [1.807, 2.05) is 18.2 Å². The third-order valence-corrected chi connectivity index (χ3v) is 4.13. The zero-order valence-electron chi connectivity index (χ0n) is 10.6. The number of rotatable bonds is 4. The topological polar surface area (TPSA) is 50.7 Å². The number of thiazole rings is 1. The minimum Gasteiger partial charge on any atom is -0.354 e. The number of para-hydroxylation sites is 1. The van der Waals surface area contributed by atoms with Crippen molar-refractivity contribution in [3.63, 3.8) is 0 Å². The Morgan fingerprint density at radius 1 is 1.16 bits per heavy atom. The van der Waals surface area contributed by atoms with Crippen molar-refractivity contribution >= 4 is 27.5 Å². The van der Waals surface area contributed by atoms with Crippen LogP contribution >= 0.6 is 11.3 Å². The SMILES string of the molecule is C[C@H](CNc1ncccn1)c1nc2ccccc2s1. The lowest BCUT2D eigenvalue weighted by Crippen LogP contribution is -2.11. The van der Waals surface area contributed by atoms with Gasteiger partial charge in [0.15, 0.2) is 0 Å². The van der Waals surface area contributed by atoms with Crippen LogP contribution in [0.15, 0.2) is 42.7 Å². The molecule has 3 rings (SSSR count). The molecule has 2 aromatic heterocycles. The van der Waals surface area contributed by atoms with Gasteiger partial charge >= 0.3 is 0 Å². The number of nitrogens with one attached hydrogen (secondary N) is 1. The quantitative estimate of drug-likeness (QED) is 0.790. The smallest absolute Gasteiger partial charge is 0.222 e. The van der Waals surface area contributed by atoms with Crippen LogP contribution in [0, 0.1) is 0 Å². The Morgan fingerprint density at radius 2 is 1.95 bits per heavy atom. The molecule has 0 unspecified atom stereocenters. The highest BCUT2D eigenvalue weighted by atomic mass is 32.1. The first kappa shape index (κ1) is 12.0. The standard InChI is InChI=1S/C14H14N4S/c1-10(9-17-14-15-7-4-8-16-14)13-18-11-5-2-3-6-12(11)19-13/h2-8,10H,9H2,1H3,(H,15,16,17)/t10-/m1/s1. The van der Waals surface area contributed by atoms with E-state index in [-0.39, 0.29) is 0 Å². The summed E-state index contributed by atoms with van der Waals surface area (Å²) < 4.78 is 1.24. The molecule has 1 N–H and O–H groups in total. The number of fused-ring (bicyclic) bond motifs is 1. The van der Waals surface area contributed by atoms with Crippen molar-refractivity contribution < 1.29 is 0 Å². The van der Waals surface area contributed by atoms with Gasteiger partial charge in [0.2, 0.25) is 5.95 Å². The fraction of sp³-hybridized carbons (Fsp3) is 0.214. The summed E-state index contributed by atoms with van der Waals surface area (Å²) in [5.74, 6) is 0.997. The molecule has 3 aromatic rings. The number of hydrogen-bond acceptors (Lipinski definition) is 5. The van der Waals surface area contributed by atoms with Crippen LogP contribution in [-0.4, -0.2) is 21.5 Å². The molecule has 0 saturated carbocycles. The number of benzene rings is 1. The van der Waals surface area contributed by atoms with E-state index in [0.29, 0.717) is 11.9 Å². The summed E-state index contributed by atoms with van der Waals surface area (Å²) in [6, 6.07) is 10.0. The number of nitrogens with zero attached hydrogens (tertiary/aromatic N) is 3. The van der Waals surface area contributed by atoms with E-state index < -0.39 is 0 Å². The van der Waals surface area contributed by atoms with Gasteiger partial charge in [-0.25, -0.2) is 15.0 Å². The van der Waals surface area contributed by atoms with Gasteiger partial charge in [-0.05, 0) is 18.2 Å². The summed E-state index contributed by atoms with van der Waals surface area (Å²) in [5.41, 5.74) is 1.07. The van der Waals surface area contributed by atoms with Crippen molar-refractivity contribution in [3.8, 4) is 0 Å². The fourth-order valence-electron chi connectivity index (χ4n) is 1.82. The molecule has 19 heavy (non-hydrogen) atoms. The molecule has 0 radical (unpaired) electrons. The minimum absolute atomic E-state index is 0.334. The second kappa shape index (κ2) is 5.32. The zero-order chi connectivity index (χ0) is 13.1. The first-order chi connectivity index (χ1) is 9.33. The van der Waals surface area contributed by atoms with Gasteiger partial charge in [-0.2, -0.15) is 0 Å². The predicted molar refractivity (Wildman–Crippen MR) is 78.6 cm³/mol. The Bertz CT molecular complexity index is 632. The van der Waals surface area contributed by atoms with Crippen molar-refractivity contribution in [2.75, 3.05) is 11.9 Å². The summed E-state index contributed by atoms with van der Waals surface area (Å²) in [5, 5.41) is 4.37. The number of anilines is 1. The van der Waals surface area contributed by atoms with Gasteiger partial charge < -0.3 is 5.32 Å². The number of hydrogen-bond donors (Lipinski definition) is 1. The second-order valence-corrected chi connectivity index (χ2v) is 5.44. The molecule has 0 aliphatic rings. The van der Waals surface area contributed by atoms with Crippen molar-refractivity contribution in [1.29, 1.82) is 0 Å². The molecule has 0 aliphatic heterocycles. The van der Waals surface area contributed by atoms with Crippen LogP contribution in [0.1, 0.15) is 17.8 Å². The highest BCUT2D eigenvalue weighted by Crippen LogP contribution is 2.27. The second-order valence-electron chi connectivity index (χ2n) is 4.37. The molecule has 4 nitrogen and oxygen atoms in total. The first-order valence-corrected chi connectivity index (χ1v) is 7.01. The lowest BCUT2D eigenvalue weighted by atomic mass is 10.2. The molecule has 96 valence electrons. The number of aromatic nitrogens is 3. The van der Waals surface area contributed by atoms with E-state index in [2.05, 4.69) is 39.3 Å². The van der Waals surface area contributed by atoms with E-state index in [0.717, 1.165) is 17.1 Å². The zero-order valence-corrected chi connectivity index (χ0v) is 11.4.